The summed E-state index contributed by atoms with van der Waals surface area (Å²) in [6, 6.07) is 4.46. The van der Waals surface area contributed by atoms with E-state index >= 15 is 0 Å². The molecule has 1 aliphatic rings. The van der Waals surface area contributed by atoms with Crippen molar-refractivity contribution in [3.63, 3.8) is 0 Å². The molecule has 3 amide bonds. The largest absolute Gasteiger partial charge is 0.346 e. The average Bonchev–Trinajstić information content (AvgIpc) is 2.70. The third-order valence-electron chi connectivity index (χ3n) is 3.32. The first-order chi connectivity index (χ1) is 10.3. The third kappa shape index (κ3) is 3.14. The molecule has 0 unspecified atom stereocenters. The molecule has 0 saturated heterocycles. The fourth-order valence-corrected chi connectivity index (χ4v) is 2.78. The Morgan fingerprint density at radius 1 is 1.32 bits per heavy atom. The van der Waals surface area contributed by atoms with E-state index in [1.807, 2.05) is 19.1 Å². The number of halogens is 1. The average molecular weight is 368 g/mol. The number of likely N-dealkylation sites (N-methyl/N-ethyl adjacent to an activating group) is 1. The Hall–Kier alpha value is -1.89. The van der Waals surface area contributed by atoms with Gasteiger partial charge in [-0.25, -0.2) is 0 Å². The summed E-state index contributed by atoms with van der Waals surface area (Å²) in [6.07, 6.45) is 0. The highest BCUT2D eigenvalue weighted by Crippen LogP contribution is 2.37. The van der Waals surface area contributed by atoms with Crippen molar-refractivity contribution in [3.05, 3.63) is 28.2 Å². The SMILES string of the molecule is CCN1C(=O)[C@H](NC(=O)C(=O)NC(C)C)c2cc(Br)ccc21. The summed E-state index contributed by atoms with van der Waals surface area (Å²) in [6.45, 7) is 5.88. The number of hydrogen-bond donors (Lipinski definition) is 2. The third-order valence-corrected chi connectivity index (χ3v) is 3.82. The molecule has 1 aromatic carbocycles. The van der Waals surface area contributed by atoms with Crippen molar-refractivity contribution in [3.8, 4) is 0 Å². The molecule has 118 valence electrons. The molecule has 6 nitrogen and oxygen atoms in total. The Labute approximate surface area is 137 Å². The first-order valence-electron chi connectivity index (χ1n) is 7.07. The molecular weight excluding hydrogens is 350 g/mol. The number of fused-ring (bicyclic) bond motifs is 1. The number of benzene rings is 1. The molecule has 7 heteroatoms. The molecule has 1 atom stereocenters. The van der Waals surface area contributed by atoms with Crippen molar-refractivity contribution in [2.24, 2.45) is 0 Å². The Morgan fingerprint density at radius 3 is 2.59 bits per heavy atom. The molecular formula is C15H18BrN3O3. The number of nitrogens with zero attached hydrogens (tertiary/aromatic N) is 1. The number of amides is 3. The first-order valence-corrected chi connectivity index (χ1v) is 7.86. The van der Waals surface area contributed by atoms with Gasteiger partial charge in [0, 0.05) is 28.3 Å². The number of carbonyl (C=O) groups excluding carboxylic acids is 3. The zero-order chi connectivity index (χ0) is 16.4. The van der Waals surface area contributed by atoms with Gasteiger partial charge in [-0.3, -0.25) is 14.4 Å². The highest BCUT2D eigenvalue weighted by Gasteiger charge is 2.38. The fraction of sp³-hybridized carbons (Fsp3) is 0.400. The van der Waals surface area contributed by atoms with Crippen LogP contribution in [0.25, 0.3) is 0 Å². The lowest BCUT2D eigenvalue weighted by Gasteiger charge is -2.16. The zero-order valence-electron chi connectivity index (χ0n) is 12.6. The maximum Gasteiger partial charge on any atom is 0.310 e. The maximum atomic E-state index is 12.4. The van der Waals surface area contributed by atoms with Crippen LogP contribution in [0.3, 0.4) is 0 Å². The van der Waals surface area contributed by atoms with Crippen molar-refractivity contribution in [1.82, 2.24) is 10.6 Å². The van der Waals surface area contributed by atoms with E-state index in [4.69, 9.17) is 0 Å². The number of hydrogen-bond acceptors (Lipinski definition) is 3. The van der Waals surface area contributed by atoms with Crippen molar-refractivity contribution in [1.29, 1.82) is 0 Å². The Bertz CT molecular complexity index is 630. The van der Waals surface area contributed by atoms with Gasteiger partial charge in [-0.05, 0) is 39.0 Å². The highest BCUT2D eigenvalue weighted by molar-refractivity contribution is 9.10. The lowest BCUT2D eigenvalue weighted by Crippen LogP contribution is -2.46. The molecule has 2 N–H and O–H groups in total. The van der Waals surface area contributed by atoms with E-state index in [-0.39, 0.29) is 11.9 Å². The van der Waals surface area contributed by atoms with E-state index in [0.717, 1.165) is 10.2 Å². The van der Waals surface area contributed by atoms with Crippen molar-refractivity contribution >= 4 is 39.3 Å². The normalized spacial score (nSPS) is 16.7. The lowest BCUT2D eigenvalue weighted by atomic mass is 10.1. The highest BCUT2D eigenvalue weighted by atomic mass is 79.9. The Morgan fingerprint density at radius 2 is 2.00 bits per heavy atom. The predicted octanol–water partition coefficient (Wildman–Crippen LogP) is 1.50. The molecule has 0 spiro atoms. The molecule has 0 aliphatic carbocycles. The van der Waals surface area contributed by atoms with Gasteiger partial charge < -0.3 is 15.5 Å². The topological polar surface area (TPSA) is 78.5 Å². The molecule has 1 heterocycles. The minimum Gasteiger partial charge on any atom is -0.346 e. The lowest BCUT2D eigenvalue weighted by molar-refractivity contribution is -0.140. The van der Waals surface area contributed by atoms with E-state index in [1.54, 1.807) is 24.8 Å². The van der Waals surface area contributed by atoms with Crippen molar-refractivity contribution in [2.75, 3.05) is 11.4 Å². The van der Waals surface area contributed by atoms with Crippen LogP contribution >= 0.6 is 15.9 Å². The predicted molar refractivity (Wildman–Crippen MR) is 86.3 cm³/mol. The second-order valence-electron chi connectivity index (χ2n) is 5.32. The summed E-state index contributed by atoms with van der Waals surface area (Å²) in [7, 11) is 0. The van der Waals surface area contributed by atoms with Crippen LogP contribution in [0.1, 0.15) is 32.4 Å². The fourth-order valence-electron chi connectivity index (χ4n) is 2.40. The quantitative estimate of drug-likeness (QED) is 0.794. The molecule has 1 aliphatic heterocycles. The summed E-state index contributed by atoms with van der Waals surface area (Å²) >= 11 is 3.36. The van der Waals surface area contributed by atoms with Crippen LogP contribution in [0.15, 0.2) is 22.7 Å². The van der Waals surface area contributed by atoms with Crippen LogP contribution in [0.2, 0.25) is 0 Å². The monoisotopic (exact) mass is 367 g/mol. The molecule has 1 aromatic rings. The van der Waals surface area contributed by atoms with Crippen LogP contribution in [0.4, 0.5) is 5.69 Å². The van der Waals surface area contributed by atoms with Gasteiger partial charge in [0.1, 0.15) is 6.04 Å². The van der Waals surface area contributed by atoms with Crippen LogP contribution in [0.5, 0.6) is 0 Å². The van der Waals surface area contributed by atoms with Gasteiger partial charge >= 0.3 is 11.8 Å². The summed E-state index contributed by atoms with van der Waals surface area (Å²) in [5.74, 6) is -1.79. The van der Waals surface area contributed by atoms with Gasteiger partial charge in [0.05, 0.1) is 0 Å². The summed E-state index contributed by atoms with van der Waals surface area (Å²) in [4.78, 5) is 37.7. The minimum absolute atomic E-state index is 0.147. The summed E-state index contributed by atoms with van der Waals surface area (Å²) in [5.41, 5.74) is 1.44. The van der Waals surface area contributed by atoms with E-state index in [2.05, 4.69) is 26.6 Å². The van der Waals surface area contributed by atoms with Gasteiger partial charge in [-0.2, -0.15) is 0 Å². The van der Waals surface area contributed by atoms with E-state index < -0.39 is 17.9 Å². The van der Waals surface area contributed by atoms with Crippen LogP contribution in [-0.2, 0) is 14.4 Å². The maximum absolute atomic E-state index is 12.4. The van der Waals surface area contributed by atoms with Crippen LogP contribution in [0, 0.1) is 0 Å². The standard InChI is InChI=1S/C15H18BrN3O3/c1-4-19-11-6-5-9(16)7-10(11)12(15(19)22)18-14(21)13(20)17-8(2)3/h5-8,12H,4H2,1-3H3,(H,17,20)(H,18,21)/t12-/m1/s1. The molecule has 22 heavy (non-hydrogen) atoms. The van der Waals surface area contributed by atoms with E-state index in [0.29, 0.717) is 12.1 Å². The first kappa shape index (κ1) is 16.5. The van der Waals surface area contributed by atoms with Gasteiger partial charge in [0.25, 0.3) is 5.91 Å². The van der Waals surface area contributed by atoms with Gasteiger partial charge in [-0.15, -0.1) is 0 Å². The van der Waals surface area contributed by atoms with Crippen LogP contribution in [-0.4, -0.2) is 30.3 Å². The van der Waals surface area contributed by atoms with Gasteiger partial charge in [0.15, 0.2) is 0 Å². The molecule has 0 radical (unpaired) electrons. The molecule has 2 rings (SSSR count). The van der Waals surface area contributed by atoms with E-state index in [1.165, 1.54) is 0 Å². The number of rotatable bonds is 3. The number of carbonyl (C=O) groups is 3. The molecule has 0 bridgehead atoms. The van der Waals surface area contributed by atoms with Crippen molar-refractivity contribution < 1.29 is 14.4 Å². The Kier molecular flexibility index (Phi) is 4.85. The van der Waals surface area contributed by atoms with Gasteiger partial charge in [0.2, 0.25) is 0 Å². The summed E-state index contributed by atoms with van der Waals surface area (Å²) in [5, 5.41) is 5.03. The number of anilines is 1. The van der Waals surface area contributed by atoms with Crippen LogP contribution < -0.4 is 15.5 Å². The van der Waals surface area contributed by atoms with Gasteiger partial charge in [-0.1, -0.05) is 15.9 Å². The van der Waals surface area contributed by atoms with Crippen molar-refractivity contribution in [2.45, 2.75) is 32.9 Å². The molecule has 0 fully saturated rings. The second-order valence-corrected chi connectivity index (χ2v) is 6.24. The molecule has 0 aromatic heterocycles. The second kappa shape index (κ2) is 6.48. The number of nitrogens with one attached hydrogen (secondary N) is 2. The smallest absolute Gasteiger partial charge is 0.310 e. The minimum atomic E-state index is -0.835. The zero-order valence-corrected chi connectivity index (χ0v) is 14.2. The summed E-state index contributed by atoms with van der Waals surface area (Å²) < 4.78 is 0.808. The van der Waals surface area contributed by atoms with E-state index in [9.17, 15) is 14.4 Å². The Balaban J connectivity index is 2.25. The molecule has 0 saturated carbocycles.